The van der Waals surface area contributed by atoms with E-state index in [1.165, 1.54) is 30.7 Å². The Bertz CT molecular complexity index is 644. The number of benzene rings is 1. The van der Waals surface area contributed by atoms with Gasteiger partial charge in [-0.25, -0.2) is 9.97 Å². The van der Waals surface area contributed by atoms with Gasteiger partial charge in [-0.2, -0.15) is 0 Å². The molecule has 1 fully saturated rings. The maximum Gasteiger partial charge on any atom is 0.283 e. The summed E-state index contributed by atoms with van der Waals surface area (Å²) in [6, 6.07) is 7.25. The number of nitrogens with one attached hydrogen (secondary N) is 1. The fraction of sp³-hybridized carbons (Fsp3) is 0.286. The molecule has 1 N–H and O–H groups in total. The van der Waals surface area contributed by atoms with Crippen LogP contribution in [0.5, 0.6) is 0 Å². The number of nitrogens with zero attached hydrogens (tertiary/aromatic N) is 3. The second kappa shape index (κ2) is 6.19. The van der Waals surface area contributed by atoms with Crippen LogP contribution in [0.3, 0.4) is 0 Å². The van der Waals surface area contributed by atoms with Gasteiger partial charge in [0, 0.05) is 36.6 Å². The molecule has 3 rings (SSSR count). The van der Waals surface area contributed by atoms with E-state index in [-0.39, 0.29) is 5.69 Å². The van der Waals surface area contributed by atoms with Crippen molar-refractivity contribution in [2.45, 2.75) is 35.5 Å². The van der Waals surface area contributed by atoms with Crippen molar-refractivity contribution in [2.75, 3.05) is 0 Å². The van der Waals surface area contributed by atoms with Crippen molar-refractivity contribution in [2.24, 2.45) is 0 Å². The molecule has 21 heavy (non-hydrogen) atoms. The number of nitro groups is 1. The molecule has 0 radical (unpaired) electrons. The van der Waals surface area contributed by atoms with Crippen molar-refractivity contribution in [3.63, 3.8) is 0 Å². The lowest BCUT2D eigenvalue weighted by Gasteiger charge is -2.04. The summed E-state index contributed by atoms with van der Waals surface area (Å²) in [6.45, 7) is 0.765. The first kappa shape index (κ1) is 14.0. The lowest BCUT2D eigenvalue weighted by Crippen LogP contribution is -2.15. The van der Waals surface area contributed by atoms with Gasteiger partial charge in [-0.1, -0.05) is 12.1 Å². The molecule has 0 spiro atoms. The molecule has 0 atom stereocenters. The minimum Gasteiger partial charge on any atom is -0.310 e. The van der Waals surface area contributed by atoms with Crippen LogP contribution in [0.25, 0.3) is 0 Å². The number of para-hydroxylation sites is 1. The summed E-state index contributed by atoms with van der Waals surface area (Å²) in [5, 5.41) is 14.9. The van der Waals surface area contributed by atoms with Crippen LogP contribution in [0.2, 0.25) is 0 Å². The lowest BCUT2D eigenvalue weighted by atomic mass is 10.3. The van der Waals surface area contributed by atoms with Gasteiger partial charge in [0.15, 0.2) is 5.16 Å². The van der Waals surface area contributed by atoms with Crippen LogP contribution < -0.4 is 5.32 Å². The predicted molar refractivity (Wildman–Crippen MR) is 79.1 cm³/mol. The molecule has 1 aromatic heterocycles. The Morgan fingerprint density at radius 2 is 2.00 bits per heavy atom. The molecule has 2 aromatic rings. The molecule has 0 saturated heterocycles. The quantitative estimate of drug-likeness (QED) is 0.502. The first-order chi connectivity index (χ1) is 10.2. The second-order valence-corrected chi connectivity index (χ2v) is 5.87. The van der Waals surface area contributed by atoms with Crippen molar-refractivity contribution in [1.82, 2.24) is 15.3 Å². The Kier molecular flexibility index (Phi) is 4.12. The van der Waals surface area contributed by atoms with Gasteiger partial charge in [-0.05, 0) is 30.7 Å². The maximum absolute atomic E-state index is 11.0. The van der Waals surface area contributed by atoms with Gasteiger partial charge in [0.2, 0.25) is 0 Å². The van der Waals surface area contributed by atoms with E-state index in [1.807, 2.05) is 0 Å². The molecular formula is C14H14N4O2S. The Morgan fingerprint density at radius 3 is 2.67 bits per heavy atom. The zero-order valence-corrected chi connectivity index (χ0v) is 12.0. The zero-order valence-electron chi connectivity index (χ0n) is 11.2. The zero-order chi connectivity index (χ0) is 14.7. The van der Waals surface area contributed by atoms with Crippen LogP contribution >= 0.6 is 11.8 Å². The minimum atomic E-state index is -0.393. The fourth-order valence-electron chi connectivity index (χ4n) is 1.83. The standard InChI is InChI=1S/C14H14N4O2S/c19-18(20)12-3-1-2-4-13(12)21-14-16-8-10(9-17-14)7-15-11-5-6-11/h1-4,8-9,11,15H,5-7H2. The van der Waals surface area contributed by atoms with Crippen molar-refractivity contribution >= 4 is 17.4 Å². The summed E-state index contributed by atoms with van der Waals surface area (Å²) in [6.07, 6.45) is 6.01. The van der Waals surface area contributed by atoms with Gasteiger partial charge >= 0.3 is 0 Å². The Hall–Kier alpha value is -1.99. The first-order valence-corrected chi connectivity index (χ1v) is 7.49. The first-order valence-electron chi connectivity index (χ1n) is 6.68. The van der Waals surface area contributed by atoms with Crippen LogP contribution in [0.15, 0.2) is 46.7 Å². The smallest absolute Gasteiger partial charge is 0.283 e. The summed E-state index contributed by atoms with van der Waals surface area (Å²) in [5.41, 5.74) is 1.10. The van der Waals surface area contributed by atoms with Gasteiger partial charge in [-0.15, -0.1) is 0 Å². The molecular weight excluding hydrogens is 288 g/mol. The van der Waals surface area contributed by atoms with Crippen molar-refractivity contribution in [3.05, 3.63) is 52.3 Å². The van der Waals surface area contributed by atoms with Crippen LogP contribution in [-0.2, 0) is 6.54 Å². The fourth-order valence-corrected chi connectivity index (χ4v) is 2.63. The van der Waals surface area contributed by atoms with Crippen molar-refractivity contribution in [3.8, 4) is 0 Å². The van der Waals surface area contributed by atoms with Gasteiger partial charge in [0.25, 0.3) is 5.69 Å². The average Bonchev–Trinajstić information content (AvgIpc) is 3.31. The number of nitro benzene ring substituents is 1. The molecule has 0 amide bonds. The highest BCUT2D eigenvalue weighted by Gasteiger charge is 2.20. The van der Waals surface area contributed by atoms with Crippen LogP contribution in [0, 0.1) is 10.1 Å². The summed E-state index contributed by atoms with van der Waals surface area (Å²) in [4.78, 5) is 19.6. The summed E-state index contributed by atoms with van der Waals surface area (Å²) >= 11 is 1.20. The Labute approximate surface area is 126 Å². The lowest BCUT2D eigenvalue weighted by molar-refractivity contribution is -0.387. The van der Waals surface area contributed by atoms with Crippen molar-refractivity contribution < 1.29 is 4.92 Å². The number of hydrogen-bond donors (Lipinski definition) is 1. The minimum absolute atomic E-state index is 0.0746. The summed E-state index contributed by atoms with van der Waals surface area (Å²) < 4.78 is 0. The third-order valence-electron chi connectivity index (χ3n) is 3.12. The van der Waals surface area contributed by atoms with E-state index in [0.717, 1.165) is 12.1 Å². The molecule has 108 valence electrons. The number of hydrogen-bond acceptors (Lipinski definition) is 6. The molecule has 0 bridgehead atoms. The number of aromatic nitrogens is 2. The maximum atomic E-state index is 11.0. The highest BCUT2D eigenvalue weighted by molar-refractivity contribution is 7.99. The summed E-state index contributed by atoms with van der Waals surface area (Å²) in [7, 11) is 0. The van der Waals surface area contributed by atoms with Gasteiger partial charge in [0.05, 0.1) is 9.82 Å². The van der Waals surface area contributed by atoms with Gasteiger partial charge in [0.1, 0.15) is 0 Å². The third-order valence-corrected chi connectivity index (χ3v) is 4.08. The van der Waals surface area contributed by atoms with Crippen LogP contribution in [0.1, 0.15) is 18.4 Å². The Morgan fingerprint density at radius 1 is 1.29 bits per heavy atom. The van der Waals surface area contributed by atoms with Crippen molar-refractivity contribution in [1.29, 1.82) is 0 Å². The SMILES string of the molecule is O=[N+]([O-])c1ccccc1Sc1ncc(CNC2CC2)cn1. The van der Waals surface area contributed by atoms with E-state index in [0.29, 0.717) is 16.1 Å². The third kappa shape index (κ3) is 3.77. The monoisotopic (exact) mass is 302 g/mol. The predicted octanol–water partition coefficient (Wildman–Crippen LogP) is 2.79. The molecule has 6 nitrogen and oxygen atoms in total. The van der Waals surface area contributed by atoms with E-state index < -0.39 is 4.92 Å². The molecule has 0 aliphatic heterocycles. The molecule has 1 aliphatic rings. The van der Waals surface area contributed by atoms with E-state index in [9.17, 15) is 10.1 Å². The second-order valence-electron chi connectivity index (χ2n) is 4.86. The van der Waals surface area contributed by atoms with E-state index >= 15 is 0 Å². The highest BCUT2D eigenvalue weighted by atomic mass is 32.2. The van der Waals surface area contributed by atoms with E-state index in [4.69, 9.17) is 0 Å². The van der Waals surface area contributed by atoms with Crippen LogP contribution in [-0.4, -0.2) is 20.9 Å². The molecule has 1 aromatic carbocycles. The van der Waals surface area contributed by atoms with Gasteiger partial charge in [-0.3, -0.25) is 10.1 Å². The molecule has 0 unspecified atom stereocenters. The van der Waals surface area contributed by atoms with E-state index in [2.05, 4.69) is 15.3 Å². The summed E-state index contributed by atoms with van der Waals surface area (Å²) in [5.74, 6) is 0. The van der Waals surface area contributed by atoms with Gasteiger partial charge < -0.3 is 5.32 Å². The topological polar surface area (TPSA) is 81.0 Å². The van der Waals surface area contributed by atoms with E-state index in [1.54, 1.807) is 30.6 Å². The molecule has 7 heteroatoms. The average molecular weight is 302 g/mol. The highest BCUT2D eigenvalue weighted by Crippen LogP contribution is 2.32. The molecule has 1 aliphatic carbocycles. The largest absolute Gasteiger partial charge is 0.310 e. The normalized spacial score (nSPS) is 14.1. The van der Waals surface area contributed by atoms with Crippen LogP contribution in [0.4, 0.5) is 5.69 Å². The molecule has 1 saturated carbocycles. The number of rotatable bonds is 6. The molecule has 1 heterocycles. The Balaban J connectivity index is 1.68.